The van der Waals surface area contributed by atoms with Gasteiger partial charge in [-0.25, -0.2) is 0 Å². The molecular formula is C17H15NO2. The molecule has 0 spiro atoms. The van der Waals surface area contributed by atoms with Crippen LogP contribution in [0.5, 0.6) is 5.75 Å². The van der Waals surface area contributed by atoms with Crippen molar-refractivity contribution in [3.05, 3.63) is 76.7 Å². The Morgan fingerprint density at radius 1 is 1.00 bits per heavy atom. The van der Waals surface area contributed by atoms with Gasteiger partial charge in [-0.1, -0.05) is 42.5 Å². The lowest BCUT2D eigenvalue weighted by Gasteiger charge is -2.10. The molecule has 3 nitrogen and oxygen atoms in total. The lowest BCUT2D eigenvalue weighted by molar-refractivity contribution is 0.403. The summed E-state index contributed by atoms with van der Waals surface area (Å²) < 4.78 is 6.74. The predicted octanol–water partition coefficient (Wildman–Crippen LogP) is 3.06. The minimum Gasteiger partial charge on any atom is -0.491 e. The smallest absolute Gasteiger partial charge is 0.293 e. The fraction of sp³-hybridized carbons (Fsp3) is 0.118. The summed E-state index contributed by atoms with van der Waals surface area (Å²) in [6.07, 6.45) is 1.78. The number of hydrogen-bond acceptors (Lipinski definition) is 2. The van der Waals surface area contributed by atoms with E-state index in [9.17, 15) is 4.79 Å². The molecule has 3 heteroatoms. The molecule has 0 aliphatic carbocycles. The Hall–Kier alpha value is -2.55. The van der Waals surface area contributed by atoms with Crippen LogP contribution < -0.4 is 10.3 Å². The average molecular weight is 265 g/mol. The van der Waals surface area contributed by atoms with E-state index in [2.05, 4.69) is 18.2 Å². The molecule has 0 fully saturated rings. The normalized spacial score (nSPS) is 10.7. The Balaban J connectivity index is 2.08. The number of aromatic nitrogens is 1. The van der Waals surface area contributed by atoms with E-state index >= 15 is 0 Å². The monoisotopic (exact) mass is 265 g/mol. The first-order valence-electron chi connectivity index (χ1n) is 6.49. The van der Waals surface area contributed by atoms with Crippen molar-refractivity contribution in [1.29, 1.82) is 0 Å². The molecule has 20 heavy (non-hydrogen) atoms. The second kappa shape index (κ2) is 5.21. The summed E-state index contributed by atoms with van der Waals surface area (Å²) in [5.41, 5.74) is 1.02. The molecule has 0 saturated heterocycles. The van der Waals surface area contributed by atoms with Gasteiger partial charge in [-0.15, -0.1) is 0 Å². The number of pyridine rings is 1. The Morgan fingerprint density at radius 2 is 1.80 bits per heavy atom. The van der Waals surface area contributed by atoms with E-state index in [4.69, 9.17) is 4.74 Å². The fourth-order valence-electron chi connectivity index (χ4n) is 2.41. The van der Waals surface area contributed by atoms with Gasteiger partial charge in [0.05, 0.1) is 13.7 Å². The zero-order chi connectivity index (χ0) is 13.9. The summed E-state index contributed by atoms with van der Waals surface area (Å²) in [5, 5.41) is 2.35. The first kappa shape index (κ1) is 12.5. The zero-order valence-corrected chi connectivity index (χ0v) is 11.2. The maximum Gasteiger partial charge on any atom is 0.293 e. The van der Waals surface area contributed by atoms with Crippen LogP contribution in [0.3, 0.4) is 0 Å². The SMILES string of the molecule is COc1cccn(Cc2cccc3ccccc23)c1=O. The Kier molecular flexibility index (Phi) is 3.25. The van der Waals surface area contributed by atoms with Gasteiger partial charge in [-0.05, 0) is 28.5 Å². The summed E-state index contributed by atoms with van der Waals surface area (Å²) in [4.78, 5) is 12.2. The van der Waals surface area contributed by atoms with E-state index < -0.39 is 0 Å². The molecule has 0 aliphatic heterocycles. The quantitative estimate of drug-likeness (QED) is 0.728. The lowest BCUT2D eigenvalue weighted by Crippen LogP contribution is -2.21. The molecule has 0 N–H and O–H groups in total. The van der Waals surface area contributed by atoms with Gasteiger partial charge in [-0.2, -0.15) is 0 Å². The van der Waals surface area contributed by atoms with Crippen LogP contribution in [-0.4, -0.2) is 11.7 Å². The summed E-state index contributed by atoms with van der Waals surface area (Å²) >= 11 is 0. The van der Waals surface area contributed by atoms with Crippen molar-refractivity contribution in [1.82, 2.24) is 4.57 Å². The highest BCUT2D eigenvalue weighted by Crippen LogP contribution is 2.19. The zero-order valence-electron chi connectivity index (χ0n) is 11.2. The average Bonchev–Trinajstić information content (AvgIpc) is 2.50. The van der Waals surface area contributed by atoms with E-state index in [1.54, 1.807) is 16.8 Å². The molecule has 3 rings (SSSR count). The second-order valence-corrected chi connectivity index (χ2v) is 4.65. The number of nitrogens with zero attached hydrogens (tertiary/aromatic N) is 1. The van der Waals surface area contributed by atoms with Crippen molar-refractivity contribution in [2.45, 2.75) is 6.54 Å². The largest absolute Gasteiger partial charge is 0.491 e. The summed E-state index contributed by atoms with van der Waals surface area (Å²) in [6, 6.07) is 17.8. The van der Waals surface area contributed by atoms with Crippen molar-refractivity contribution >= 4 is 10.8 Å². The third kappa shape index (κ3) is 2.18. The summed E-state index contributed by atoms with van der Waals surface area (Å²) in [7, 11) is 1.51. The van der Waals surface area contributed by atoms with Crippen molar-refractivity contribution in [2.75, 3.05) is 7.11 Å². The molecule has 1 heterocycles. The Morgan fingerprint density at radius 3 is 2.65 bits per heavy atom. The van der Waals surface area contributed by atoms with Crippen LogP contribution in [0.1, 0.15) is 5.56 Å². The molecule has 100 valence electrons. The highest BCUT2D eigenvalue weighted by molar-refractivity contribution is 5.85. The highest BCUT2D eigenvalue weighted by atomic mass is 16.5. The topological polar surface area (TPSA) is 31.2 Å². The predicted molar refractivity (Wildman–Crippen MR) is 80.3 cm³/mol. The molecule has 1 aromatic heterocycles. The van der Waals surface area contributed by atoms with Crippen LogP contribution in [0, 0.1) is 0 Å². The van der Waals surface area contributed by atoms with Gasteiger partial charge in [0.15, 0.2) is 5.75 Å². The third-order valence-corrected chi connectivity index (χ3v) is 3.43. The van der Waals surface area contributed by atoms with Crippen LogP contribution in [0.2, 0.25) is 0 Å². The van der Waals surface area contributed by atoms with Gasteiger partial charge in [0, 0.05) is 6.20 Å². The fourth-order valence-corrected chi connectivity index (χ4v) is 2.41. The Bertz CT molecular complexity index is 800. The molecule has 0 amide bonds. The van der Waals surface area contributed by atoms with Crippen molar-refractivity contribution in [2.24, 2.45) is 0 Å². The lowest BCUT2D eigenvalue weighted by atomic mass is 10.0. The van der Waals surface area contributed by atoms with Gasteiger partial charge in [0.2, 0.25) is 0 Å². The molecule has 0 atom stereocenters. The van der Waals surface area contributed by atoms with E-state index in [0.29, 0.717) is 12.3 Å². The van der Waals surface area contributed by atoms with Crippen LogP contribution in [0.25, 0.3) is 10.8 Å². The molecule has 0 radical (unpaired) electrons. The molecule has 0 bridgehead atoms. The number of benzene rings is 2. The van der Waals surface area contributed by atoms with Crippen molar-refractivity contribution < 1.29 is 4.74 Å². The van der Waals surface area contributed by atoms with Gasteiger partial charge < -0.3 is 9.30 Å². The standard InChI is InChI=1S/C17H15NO2/c1-20-16-10-5-11-18(17(16)19)12-14-8-4-7-13-6-2-3-9-15(13)14/h2-11H,12H2,1H3. The van der Waals surface area contributed by atoms with E-state index in [-0.39, 0.29) is 5.56 Å². The van der Waals surface area contributed by atoms with E-state index in [1.165, 1.54) is 17.9 Å². The van der Waals surface area contributed by atoms with E-state index in [0.717, 1.165) is 5.56 Å². The first-order valence-corrected chi connectivity index (χ1v) is 6.49. The molecule has 3 aromatic rings. The van der Waals surface area contributed by atoms with Gasteiger partial charge in [-0.3, -0.25) is 4.79 Å². The third-order valence-electron chi connectivity index (χ3n) is 3.43. The molecular weight excluding hydrogens is 250 g/mol. The molecule has 2 aromatic carbocycles. The highest BCUT2D eigenvalue weighted by Gasteiger charge is 2.05. The molecule has 0 unspecified atom stereocenters. The van der Waals surface area contributed by atoms with E-state index in [1.807, 2.05) is 30.3 Å². The first-order chi connectivity index (χ1) is 9.79. The van der Waals surface area contributed by atoms with Crippen molar-refractivity contribution in [3.8, 4) is 5.75 Å². The van der Waals surface area contributed by atoms with Crippen LogP contribution >= 0.6 is 0 Å². The molecule has 0 aliphatic rings. The second-order valence-electron chi connectivity index (χ2n) is 4.65. The summed E-state index contributed by atoms with van der Waals surface area (Å²) in [6.45, 7) is 0.539. The summed E-state index contributed by atoms with van der Waals surface area (Å²) in [5.74, 6) is 0.368. The molecule has 0 saturated carbocycles. The number of hydrogen-bond donors (Lipinski definition) is 0. The van der Waals surface area contributed by atoms with Crippen LogP contribution in [0.15, 0.2) is 65.6 Å². The van der Waals surface area contributed by atoms with Gasteiger partial charge in [0.25, 0.3) is 5.56 Å². The number of ether oxygens (including phenoxy) is 1. The maximum atomic E-state index is 12.2. The Labute approximate surface area is 117 Å². The number of rotatable bonds is 3. The minimum absolute atomic E-state index is 0.108. The van der Waals surface area contributed by atoms with Crippen LogP contribution in [0.4, 0.5) is 0 Å². The van der Waals surface area contributed by atoms with Crippen molar-refractivity contribution in [3.63, 3.8) is 0 Å². The number of methoxy groups -OCH3 is 1. The minimum atomic E-state index is -0.108. The maximum absolute atomic E-state index is 12.2. The van der Waals surface area contributed by atoms with Crippen LogP contribution in [-0.2, 0) is 6.54 Å². The van der Waals surface area contributed by atoms with Gasteiger partial charge in [0.1, 0.15) is 0 Å². The van der Waals surface area contributed by atoms with Gasteiger partial charge >= 0.3 is 0 Å². The number of fused-ring (bicyclic) bond motifs is 1.